The Bertz CT molecular complexity index is 3700. The van der Waals surface area contributed by atoms with Crippen molar-refractivity contribution >= 4 is 27.8 Å². The molecule has 312 valence electrons. The van der Waals surface area contributed by atoms with E-state index in [-0.39, 0.29) is 0 Å². The lowest BCUT2D eigenvalue weighted by molar-refractivity contribution is 0.768. The van der Waals surface area contributed by atoms with E-state index >= 15 is 0 Å². The summed E-state index contributed by atoms with van der Waals surface area (Å²) in [5.41, 5.74) is 22.7. The highest BCUT2D eigenvalue weighted by Crippen LogP contribution is 2.65. The Hall–Kier alpha value is -8.52. The zero-order valence-corrected chi connectivity index (χ0v) is 36.8. The second kappa shape index (κ2) is 14.5. The highest BCUT2D eigenvalue weighted by molar-refractivity contribution is 6.10. The third kappa shape index (κ3) is 5.09. The van der Waals surface area contributed by atoms with E-state index < -0.39 is 10.8 Å². The number of hydrogen-bond acceptors (Lipinski definition) is 1. The van der Waals surface area contributed by atoms with Crippen molar-refractivity contribution in [3.8, 4) is 44.5 Å². The standard InChI is InChI=1S/C66H43N/c1-5-21-44(22-6-1)50-41-39-45-23-19-33-54-52-31-14-17-35-57(52)66(64(50)62(45)54)56-34-16-13-30-51(56)53-42-40-49(43-60(53)66)67(48-28-11-4-12-29-48)61-38-20-37-59-63(61)55-32-15-18-36-58(55)65(59,46-24-7-2-8-25-46)47-26-9-3-10-27-47/h1-43H. The highest BCUT2D eigenvalue weighted by atomic mass is 15.1. The SMILES string of the molecule is c1ccc(-c2ccc3cccc4c3c2C2(c3ccccc3-c3ccc(N(c5ccccc5)c5cccc6c5-c5ccccc5C6(c5ccccc5)c5ccccc5)cc32)c2ccccc2-4)cc1. The van der Waals surface area contributed by atoms with Gasteiger partial charge in [0.05, 0.1) is 16.5 Å². The minimum Gasteiger partial charge on any atom is -0.310 e. The molecular weight excluding hydrogens is 807 g/mol. The lowest BCUT2D eigenvalue weighted by Crippen LogP contribution is -2.32. The first-order chi connectivity index (χ1) is 33.3. The van der Waals surface area contributed by atoms with Gasteiger partial charge in [-0.15, -0.1) is 0 Å². The number of fused-ring (bicyclic) bond motifs is 12. The minimum absolute atomic E-state index is 0.526. The van der Waals surface area contributed by atoms with E-state index in [0.29, 0.717) is 0 Å². The molecule has 3 aliphatic carbocycles. The quantitative estimate of drug-likeness (QED) is 0.161. The molecule has 1 heteroatoms. The summed E-state index contributed by atoms with van der Waals surface area (Å²) in [6.07, 6.45) is 0. The maximum Gasteiger partial charge on any atom is 0.0732 e. The van der Waals surface area contributed by atoms with Crippen LogP contribution < -0.4 is 4.90 Å². The van der Waals surface area contributed by atoms with Crippen molar-refractivity contribution in [3.05, 3.63) is 305 Å². The molecule has 1 spiro atoms. The molecule has 11 aromatic carbocycles. The van der Waals surface area contributed by atoms with Crippen LogP contribution in [-0.2, 0) is 10.8 Å². The summed E-state index contributed by atoms with van der Waals surface area (Å²) >= 11 is 0. The smallest absolute Gasteiger partial charge is 0.0732 e. The van der Waals surface area contributed by atoms with Crippen LogP contribution >= 0.6 is 0 Å². The predicted molar refractivity (Wildman–Crippen MR) is 278 cm³/mol. The molecule has 0 aliphatic heterocycles. The van der Waals surface area contributed by atoms with Gasteiger partial charge in [0.25, 0.3) is 0 Å². The summed E-state index contributed by atoms with van der Waals surface area (Å²) in [6, 6.07) is 97.7. The van der Waals surface area contributed by atoms with Gasteiger partial charge in [-0.1, -0.05) is 231 Å². The zero-order chi connectivity index (χ0) is 44.1. The fourth-order valence-electron chi connectivity index (χ4n) is 12.7. The van der Waals surface area contributed by atoms with Gasteiger partial charge < -0.3 is 4.90 Å². The topological polar surface area (TPSA) is 3.24 Å². The number of nitrogens with zero attached hydrogens (tertiary/aromatic N) is 1. The Morgan fingerprint density at radius 3 is 1.45 bits per heavy atom. The van der Waals surface area contributed by atoms with E-state index in [0.717, 1.165) is 17.1 Å². The van der Waals surface area contributed by atoms with Crippen molar-refractivity contribution in [3.63, 3.8) is 0 Å². The first-order valence-corrected chi connectivity index (χ1v) is 23.4. The molecule has 1 unspecified atom stereocenters. The van der Waals surface area contributed by atoms with E-state index in [2.05, 4.69) is 266 Å². The third-order valence-electron chi connectivity index (χ3n) is 15.1. The third-order valence-corrected chi connectivity index (χ3v) is 15.1. The van der Waals surface area contributed by atoms with Gasteiger partial charge in [-0.2, -0.15) is 0 Å². The van der Waals surface area contributed by atoms with Crippen LogP contribution in [0.4, 0.5) is 17.1 Å². The molecule has 0 bridgehead atoms. The minimum atomic E-state index is -0.624. The van der Waals surface area contributed by atoms with Crippen molar-refractivity contribution < 1.29 is 0 Å². The van der Waals surface area contributed by atoms with E-state index in [9.17, 15) is 0 Å². The van der Waals surface area contributed by atoms with E-state index in [1.54, 1.807) is 0 Å². The molecule has 0 radical (unpaired) electrons. The first kappa shape index (κ1) is 37.8. The fourth-order valence-corrected chi connectivity index (χ4v) is 12.7. The molecule has 0 saturated heterocycles. The van der Waals surface area contributed by atoms with Crippen molar-refractivity contribution in [2.75, 3.05) is 4.90 Å². The lowest BCUT2D eigenvalue weighted by Gasteiger charge is -2.42. The van der Waals surface area contributed by atoms with E-state index in [1.165, 1.54) is 99.8 Å². The number of hydrogen-bond donors (Lipinski definition) is 0. The Morgan fingerprint density at radius 1 is 0.284 bits per heavy atom. The monoisotopic (exact) mass is 849 g/mol. The van der Waals surface area contributed by atoms with E-state index in [4.69, 9.17) is 0 Å². The summed E-state index contributed by atoms with van der Waals surface area (Å²) in [5.74, 6) is 0. The van der Waals surface area contributed by atoms with Gasteiger partial charge in [-0.05, 0) is 125 Å². The Labute approximate surface area is 391 Å². The summed E-state index contributed by atoms with van der Waals surface area (Å²) in [7, 11) is 0. The van der Waals surface area contributed by atoms with Crippen molar-refractivity contribution in [1.29, 1.82) is 0 Å². The van der Waals surface area contributed by atoms with Crippen LogP contribution in [0.3, 0.4) is 0 Å². The molecule has 14 rings (SSSR count). The maximum atomic E-state index is 2.54. The normalized spacial score (nSPS) is 15.3. The predicted octanol–water partition coefficient (Wildman–Crippen LogP) is 16.7. The average molecular weight is 850 g/mol. The van der Waals surface area contributed by atoms with Crippen LogP contribution in [0.25, 0.3) is 55.3 Å². The Kier molecular flexibility index (Phi) is 8.18. The fraction of sp³-hybridized carbons (Fsp3) is 0.0303. The van der Waals surface area contributed by atoms with Gasteiger partial charge >= 0.3 is 0 Å². The summed E-state index contributed by atoms with van der Waals surface area (Å²) in [5, 5.41) is 2.58. The van der Waals surface area contributed by atoms with Gasteiger partial charge in [0.1, 0.15) is 0 Å². The van der Waals surface area contributed by atoms with Gasteiger partial charge in [-0.25, -0.2) is 0 Å². The molecule has 1 nitrogen and oxygen atoms in total. The summed E-state index contributed by atoms with van der Waals surface area (Å²) in [4.78, 5) is 2.53. The zero-order valence-electron chi connectivity index (χ0n) is 36.8. The molecule has 0 amide bonds. The van der Waals surface area contributed by atoms with Crippen molar-refractivity contribution in [2.24, 2.45) is 0 Å². The van der Waals surface area contributed by atoms with Crippen molar-refractivity contribution in [1.82, 2.24) is 0 Å². The van der Waals surface area contributed by atoms with E-state index in [1.807, 2.05) is 0 Å². The molecule has 0 heterocycles. The summed E-state index contributed by atoms with van der Waals surface area (Å²) in [6.45, 7) is 0. The van der Waals surface area contributed by atoms with Crippen LogP contribution in [0.2, 0.25) is 0 Å². The second-order valence-electron chi connectivity index (χ2n) is 18.2. The van der Waals surface area contributed by atoms with Crippen LogP contribution in [0.15, 0.2) is 261 Å². The van der Waals surface area contributed by atoms with Crippen LogP contribution in [-0.4, -0.2) is 0 Å². The number of rotatable bonds is 6. The van der Waals surface area contributed by atoms with Crippen LogP contribution in [0.1, 0.15) is 44.5 Å². The van der Waals surface area contributed by atoms with Crippen molar-refractivity contribution in [2.45, 2.75) is 10.8 Å². The molecule has 0 fully saturated rings. The molecule has 67 heavy (non-hydrogen) atoms. The average Bonchev–Trinajstić information content (AvgIpc) is 3.87. The number of anilines is 3. The van der Waals surface area contributed by atoms with Gasteiger partial charge in [-0.3, -0.25) is 0 Å². The van der Waals surface area contributed by atoms with Crippen LogP contribution in [0, 0.1) is 0 Å². The highest BCUT2D eigenvalue weighted by Gasteiger charge is 2.52. The van der Waals surface area contributed by atoms with Gasteiger partial charge in [0, 0.05) is 16.9 Å². The molecule has 0 saturated carbocycles. The molecule has 11 aromatic rings. The molecule has 3 aliphatic rings. The molecular formula is C66H43N. The van der Waals surface area contributed by atoms with Gasteiger partial charge in [0.2, 0.25) is 0 Å². The molecule has 0 N–H and O–H groups in total. The van der Waals surface area contributed by atoms with Crippen LogP contribution in [0.5, 0.6) is 0 Å². The molecule has 0 aromatic heterocycles. The second-order valence-corrected chi connectivity index (χ2v) is 18.2. The lowest BCUT2D eigenvalue weighted by atomic mass is 9.60. The maximum absolute atomic E-state index is 2.54. The number of para-hydroxylation sites is 1. The first-order valence-electron chi connectivity index (χ1n) is 23.4. The Morgan fingerprint density at radius 2 is 0.776 bits per heavy atom. The largest absolute Gasteiger partial charge is 0.310 e. The summed E-state index contributed by atoms with van der Waals surface area (Å²) < 4.78 is 0. The Balaban J connectivity index is 1.09. The molecule has 1 atom stereocenters. The van der Waals surface area contributed by atoms with Gasteiger partial charge in [0.15, 0.2) is 0 Å². The number of benzene rings is 11.